The van der Waals surface area contributed by atoms with E-state index in [1.165, 1.54) is 6.92 Å². The standard InChI is InChI=1S/C19H17N3O4/c1-12(23)21-13-6-8-14(9-7-13)22-18(24)11-26-19(25)16-10-20-17-5-3-2-4-15(16)17/h2-10,20H,11H2,1H3,(H,21,23)(H,22,24). The van der Waals surface area contributed by atoms with Gasteiger partial charge in [-0.2, -0.15) is 0 Å². The van der Waals surface area contributed by atoms with Crippen LogP contribution in [0.3, 0.4) is 0 Å². The molecule has 1 heterocycles. The summed E-state index contributed by atoms with van der Waals surface area (Å²) in [4.78, 5) is 38.1. The maximum absolute atomic E-state index is 12.2. The van der Waals surface area contributed by atoms with Crippen LogP contribution in [-0.2, 0) is 14.3 Å². The number of ether oxygens (including phenoxy) is 1. The number of aromatic nitrogens is 1. The molecule has 1 aromatic heterocycles. The number of fused-ring (bicyclic) bond motifs is 1. The van der Waals surface area contributed by atoms with Crippen LogP contribution in [0.25, 0.3) is 10.9 Å². The van der Waals surface area contributed by atoms with Gasteiger partial charge in [-0.3, -0.25) is 9.59 Å². The Morgan fingerprint density at radius 2 is 1.62 bits per heavy atom. The van der Waals surface area contributed by atoms with Crippen molar-refractivity contribution < 1.29 is 19.1 Å². The zero-order chi connectivity index (χ0) is 18.5. The SMILES string of the molecule is CC(=O)Nc1ccc(NC(=O)COC(=O)c2c[nH]c3ccccc23)cc1. The first-order chi connectivity index (χ1) is 12.5. The topological polar surface area (TPSA) is 100 Å². The van der Waals surface area contributed by atoms with Crippen LogP contribution in [0.2, 0.25) is 0 Å². The maximum Gasteiger partial charge on any atom is 0.340 e. The number of para-hydroxylation sites is 1. The normalized spacial score (nSPS) is 10.3. The van der Waals surface area contributed by atoms with Gasteiger partial charge in [0.15, 0.2) is 6.61 Å². The molecule has 0 aliphatic heterocycles. The highest BCUT2D eigenvalue weighted by atomic mass is 16.5. The van der Waals surface area contributed by atoms with E-state index >= 15 is 0 Å². The molecule has 2 aromatic carbocycles. The number of amides is 2. The summed E-state index contributed by atoms with van der Waals surface area (Å²) >= 11 is 0. The number of anilines is 2. The highest BCUT2D eigenvalue weighted by molar-refractivity contribution is 6.05. The molecule has 0 saturated heterocycles. The van der Waals surface area contributed by atoms with Gasteiger partial charge in [0.1, 0.15) is 0 Å². The summed E-state index contributed by atoms with van der Waals surface area (Å²) < 4.78 is 5.08. The lowest BCUT2D eigenvalue weighted by Crippen LogP contribution is -2.20. The fourth-order valence-electron chi connectivity index (χ4n) is 2.49. The van der Waals surface area contributed by atoms with E-state index in [0.29, 0.717) is 16.9 Å². The molecular formula is C19H17N3O4. The summed E-state index contributed by atoms with van der Waals surface area (Å²) in [5.74, 6) is -1.20. The molecule has 0 bridgehead atoms. The molecule has 26 heavy (non-hydrogen) atoms. The van der Waals surface area contributed by atoms with E-state index in [9.17, 15) is 14.4 Å². The minimum absolute atomic E-state index is 0.175. The van der Waals surface area contributed by atoms with Gasteiger partial charge in [0, 0.05) is 35.4 Å². The van der Waals surface area contributed by atoms with Crippen LogP contribution in [0.1, 0.15) is 17.3 Å². The summed E-state index contributed by atoms with van der Waals surface area (Å²) in [5, 5.41) is 6.00. The number of carbonyl (C=O) groups is 3. The Morgan fingerprint density at radius 3 is 2.31 bits per heavy atom. The van der Waals surface area contributed by atoms with Crippen molar-refractivity contribution in [2.75, 3.05) is 17.2 Å². The van der Waals surface area contributed by atoms with Crippen LogP contribution < -0.4 is 10.6 Å². The predicted molar refractivity (Wildman–Crippen MR) is 98.0 cm³/mol. The molecule has 0 spiro atoms. The molecule has 0 fully saturated rings. The molecule has 0 saturated carbocycles. The molecule has 132 valence electrons. The van der Waals surface area contributed by atoms with Crippen molar-refractivity contribution in [2.24, 2.45) is 0 Å². The summed E-state index contributed by atoms with van der Waals surface area (Å²) in [5.41, 5.74) is 2.37. The quantitative estimate of drug-likeness (QED) is 0.615. The number of hydrogen-bond acceptors (Lipinski definition) is 4. The van der Waals surface area contributed by atoms with Gasteiger partial charge in [0.2, 0.25) is 5.91 Å². The number of esters is 1. The van der Waals surface area contributed by atoms with Crippen molar-refractivity contribution in [1.82, 2.24) is 4.98 Å². The molecule has 3 aromatic rings. The number of aromatic amines is 1. The second kappa shape index (κ2) is 7.52. The van der Waals surface area contributed by atoms with Crippen LogP contribution in [0.15, 0.2) is 54.7 Å². The first kappa shape index (κ1) is 17.2. The number of rotatable bonds is 5. The van der Waals surface area contributed by atoms with E-state index in [2.05, 4.69) is 15.6 Å². The van der Waals surface area contributed by atoms with Gasteiger partial charge < -0.3 is 20.4 Å². The van der Waals surface area contributed by atoms with Crippen molar-refractivity contribution in [3.63, 3.8) is 0 Å². The lowest BCUT2D eigenvalue weighted by Gasteiger charge is -2.07. The number of nitrogens with one attached hydrogen (secondary N) is 3. The monoisotopic (exact) mass is 351 g/mol. The highest BCUT2D eigenvalue weighted by Crippen LogP contribution is 2.18. The summed E-state index contributed by atoms with van der Waals surface area (Å²) in [6.07, 6.45) is 1.56. The van der Waals surface area contributed by atoms with Gasteiger partial charge in [0.05, 0.1) is 5.56 Å². The van der Waals surface area contributed by atoms with E-state index in [1.807, 2.05) is 18.2 Å². The minimum Gasteiger partial charge on any atom is -0.452 e. The van der Waals surface area contributed by atoms with Crippen molar-refractivity contribution in [3.05, 3.63) is 60.3 Å². The lowest BCUT2D eigenvalue weighted by atomic mass is 10.2. The first-order valence-corrected chi connectivity index (χ1v) is 7.93. The average Bonchev–Trinajstić information content (AvgIpc) is 3.05. The molecule has 3 rings (SSSR count). The second-order valence-corrected chi connectivity index (χ2v) is 5.63. The third-order valence-corrected chi connectivity index (χ3v) is 3.63. The van der Waals surface area contributed by atoms with E-state index in [-0.39, 0.29) is 5.91 Å². The lowest BCUT2D eigenvalue weighted by molar-refractivity contribution is -0.119. The molecule has 0 unspecified atom stereocenters. The predicted octanol–water partition coefficient (Wildman–Crippen LogP) is 2.92. The Bertz CT molecular complexity index is 960. The number of carbonyl (C=O) groups excluding carboxylic acids is 3. The molecule has 0 atom stereocenters. The first-order valence-electron chi connectivity index (χ1n) is 7.93. The Labute approximate surface area is 149 Å². The Balaban J connectivity index is 1.55. The molecular weight excluding hydrogens is 334 g/mol. The fraction of sp³-hybridized carbons (Fsp3) is 0.105. The largest absolute Gasteiger partial charge is 0.452 e. The third kappa shape index (κ3) is 4.07. The van der Waals surface area contributed by atoms with Gasteiger partial charge >= 0.3 is 5.97 Å². The van der Waals surface area contributed by atoms with Crippen molar-refractivity contribution in [2.45, 2.75) is 6.92 Å². The van der Waals surface area contributed by atoms with Crippen molar-refractivity contribution in [1.29, 1.82) is 0 Å². The smallest absolute Gasteiger partial charge is 0.340 e. The average molecular weight is 351 g/mol. The van der Waals surface area contributed by atoms with Gasteiger partial charge in [0.25, 0.3) is 5.91 Å². The van der Waals surface area contributed by atoms with Crippen LogP contribution in [0, 0.1) is 0 Å². The van der Waals surface area contributed by atoms with Gasteiger partial charge in [-0.15, -0.1) is 0 Å². The molecule has 0 aliphatic rings. The number of H-pyrrole nitrogens is 1. The van der Waals surface area contributed by atoms with E-state index in [1.54, 1.807) is 36.5 Å². The molecule has 7 heteroatoms. The number of hydrogen-bond donors (Lipinski definition) is 3. The van der Waals surface area contributed by atoms with Crippen molar-refractivity contribution >= 4 is 40.1 Å². The van der Waals surface area contributed by atoms with Gasteiger partial charge in [-0.25, -0.2) is 4.79 Å². The van der Waals surface area contributed by atoms with Gasteiger partial charge in [-0.05, 0) is 30.3 Å². The Morgan fingerprint density at radius 1 is 0.962 bits per heavy atom. The van der Waals surface area contributed by atoms with E-state index in [0.717, 1.165) is 10.9 Å². The molecule has 0 radical (unpaired) electrons. The van der Waals surface area contributed by atoms with Gasteiger partial charge in [-0.1, -0.05) is 18.2 Å². The van der Waals surface area contributed by atoms with Crippen LogP contribution >= 0.6 is 0 Å². The van der Waals surface area contributed by atoms with Crippen LogP contribution in [0.4, 0.5) is 11.4 Å². The Hall–Kier alpha value is -3.61. The van der Waals surface area contributed by atoms with Crippen LogP contribution in [-0.4, -0.2) is 29.4 Å². The van der Waals surface area contributed by atoms with Crippen molar-refractivity contribution in [3.8, 4) is 0 Å². The summed E-state index contributed by atoms with van der Waals surface area (Å²) in [6, 6.07) is 13.9. The second-order valence-electron chi connectivity index (χ2n) is 5.63. The van der Waals surface area contributed by atoms with E-state index < -0.39 is 18.5 Å². The maximum atomic E-state index is 12.2. The zero-order valence-corrected chi connectivity index (χ0v) is 14.0. The van der Waals surface area contributed by atoms with Crippen LogP contribution in [0.5, 0.6) is 0 Å². The third-order valence-electron chi connectivity index (χ3n) is 3.63. The molecule has 3 N–H and O–H groups in total. The molecule has 2 amide bonds. The zero-order valence-electron chi connectivity index (χ0n) is 14.0. The molecule has 7 nitrogen and oxygen atoms in total. The molecule has 0 aliphatic carbocycles. The fourth-order valence-corrected chi connectivity index (χ4v) is 2.49. The highest BCUT2D eigenvalue weighted by Gasteiger charge is 2.14. The summed E-state index contributed by atoms with van der Waals surface area (Å²) in [7, 11) is 0. The minimum atomic E-state index is -0.571. The Kier molecular flexibility index (Phi) is 4.98. The number of benzene rings is 2. The van der Waals surface area contributed by atoms with E-state index in [4.69, 9.17) is 4.74 Å². The summed E-state index contributed by atoms with van der Waals surface area (Å²) in [6.45, 7) is 1.02.